The zero-order valence-corrected chi connectivity index (χ0v) is 20.2. The van der Waals surface area contributed by atoms with Crippen LogP contribution in [-0.2, 0) is 29.1 Å². The number of nitrogens with two attached hydrogens (primary N) is 2. The molecule has 2 heterocycles. The molecule has 2 aromatic heterocycles. The summed E-state index contributed by atoms with van der Waals surface area (Å²) in [5, 5.41) is 13.3. The number of nitrogens with one attached hydrogen (secondary N) is 1. The number of aromatic nitrogens is 4. The largest absolute Gasteiger partial charge is 0.462 e. The molecule has 0 bridgehead atoms. The van der Waals surface area contributed by atoms with Gasteiger partial charge in [-0.2, -0.15) is 9.97 Å². The molecular formula is C18H31FN7O6P. The molecule has 0 saturated heterocycles. The third-order valence-electron chi connectivity index (χ3n) is 4.72. The number of imidazole rings is 1. The highest BCUT2D eigenvalue weighted by atomic mass is 31.2. The van der Waals surface area contributed by atoms with Crippen LogP contribution >= 0.6 is 7.52 Å². The van der Waals surface area contributed by atoms with Crippen LogP contribution in [0.5, 0.6) is 0 Å². The summed E-state index contributed by atoms with van der Waals surface area (Å²) >= 11 is 0. The van der Waals surface area contributed by atoms with Crippen LogP contribution in [0.15, 0.2) is 6.33 Å². The summed E-state index contributed by atoms with van der Waals surface area (Å²) in [5.74, 6) is -3.35. The van der Waals surface area contributed by atoms with E-state index in [1.807, 2.05) is 0 Å². The highest BCUT2D eigenvalue weighted by molar-refractivity contribution is 7.56. The fourth-order valence-electron chi connectivity index (χ4n) is 3.02. The number of ether oxygens (including phenoxy) is 2. The van der Waals surface area contributed by atoms with Gasteiger partial charge in [0, 0.05) is 13.8 Å². The SMILES string of the molecule is COC(COP(C)(=O)N[C@@H](C)C(=O)OC(C)C)[C@@H](O)[C@@](C)(F)n1cnc2c(N)nc(N)nc21. The van der Waals surface area contributed by atoms with E-state index in [1.54, 1.807) is 13.8 Å². The first kappa shape index (κ1) is 26.9. The van der Waals surface area contributed by atoms with Crippen LogP contribution in [0.25, 0.3) is 11.2 Å². The molecule has 15 heteroatoms. The predicted octanol–water partition coefficient (Wildman–Crippen LogP) is 0.778. The summed E-state index contributed by atoms with van der Waals surface area (Å²) in [4.78, 5) is 23.6. The number of esters is 1. The van der Waals surface area contributed by atoms with Gasteiger partial charge >= 0.3 is 5.97 Å². The minimum absolute atomic E-state index is 0.0276. The first-order valence-electron chi connectivity index (χ1n) is 10.1. The maximum Gasteiger partial charge on any atom is 0.323 e. The van der Waals surface area contributed by atoms with Gasteiger partial charge in [-0.25, -0.2) is 14.5 Å². The Balaban J connectivity index is 2.15. The van der Waals surface area contributed by atoms with E-state index in [2.05, 4.69) is 20.0 Å². The number of fused-ring (bicyclic) bond motifs is 1. The van der Waals surface area contributed by atoms with Crippen molar-refractivity contribution in [1.29, 1.82) is 0 Å². The summed E-state index contributed by atoms with van der Waals surface area (Å²) < 4.78 is 45.1. The van der Waals surface area contributed by atoms with Gasteiger partial charge in [-0.3, -0.25) is 13.9 Å². The van der Waals surface area contributed by atoms with Crippen LogP contribution in [0.1, 0.15) is 27.7 Å². The van der Waals surface area contributed by atoms with Crippen LogP contribution in [0.2, 0.25) is 0 Å². The summed E-state index contributed by atoms with van der Waals surface area (Å²) in [7, 11) is -2.32. The molecular weight excluding hydrogens is 460 g/mol. The van der Waals surface area contributed by atoms with Crippen LogP contribution in [0, 0.1) is 0 Å². The number of carbonyl (C=O) groups excluding carboxylic acids is 1. The van der Waals surface area contributed by atoms with Crippen LogP contribution in [-0.4, -0.2) is 75.3 Å². The van der Waals surface area contributed by atoms with Gasteiger partial charge in [0.05, 0.1) is 19.0 Å². The third kappa shape index (κ3) is 6.36. The molecule has 0 fully saturated rings. The van der Waals surface area contributed by atoms with Crippen molar-refractivity contribution in [3.8, 4) is 0 Å². The molecule has 2 rings (SSSR count). The summed E-state index contributed by atoms with van der Waals surface area (Å²) in [6.07, 6.45) is -2.33. The number of aliphatic hydroxyl groups is 1. The number of anilines is 2. The van der Waals surface area contributed by atoms with Crippen molar-refractivity contribution in [3.63, 3.8) is 0 Å². The summed E-state index contributed by atoms with van der Waals surface area (Å²) in [6, 6.07) is -0.923. The highest BCUT2D eigenvalue weighted by Gasteiger charge is 2.43. The van der Waals surface area contributed by atoms with E-state index in [0.717, 1.165) is 17.8 Å². The van der Waals surface area contributed by atoms with E-state index >= 15 is 4.39 Å². The average Bonchev–Trinajstić information content (AvgIpc) is 3.12. The van der Waals surface area contributed by atoms with E-state index in [4.69, 9.17) is 25.5 Å². The van der Waals surface area contributed by atoms with Gasteiger partial charge in [-0.1, -0.05) is 0 Å². The van der Waals surface area contributed by atoms with Crippen LogP contribution in [0.4, 0.5) is 16.2 Å². The Kier molecular flexibility index (Phi) is 8.36. The maximum atomic E-state index is 15.8. The minimum atomic E-state index is -3.55. The van der Waals surface area contributed by atoms with Crippen molar-refractivity contribution in [2.75, 3.05) is 31.8 Å². The van der Waals surface area contributed by atoms with Gasteiger partial charge in [0.15, 0.2) is 11.5 Å². The van der Waals surface area contributed by atoms with Gasteiger partial charge in [0.1, 0.15) is 23.8 Å². The number of carbonyl (C=O) groups is 1. The Bertz CT molecular complexity index is 1030. The molecule has 33 heavy (non-hydrogen) atoms. The number of rotatable bonds is 11. The van der Waals surface area contributed by atoms with Crippen molar-refractivity contribution >= 4 is 36.4 Å². The second-order valence-corrected chi connectivity index (χ2v) is 10.2. The second kappa shape index (κ2) is 10.3. The molecule has 13 nitrogen and oxygen atoms in total. The molecule has 5 atom stereocenters. The number of hydrogen-bond donors (Lipinski definition) is 4. The molecule has 0 spiro atoms. The van der Waals surface area contributed by atoms with Crippen molar-refractivity contribution in [3.05, 3.63) is 6.33 Å². The Morgan fingerprint density at radius 3 is 2.58 bits per heavy atom. The number of nitrogens with zero attached hydrogens (tertiary/aromatic N) is 4. The van der Waals surface area contributed by atoms with E-state index in [0.29, 0.717) is 0 Å². The zero-order chi connectivity index (χ0) is 25.1. The number of alkyl halides is 1. The molecule has 0 amide bonds. The third-order valence-corrected chi connectivity index (χ3v) is 6.22. The molecule has 0 aliphatic rings. The number of hydrogen-bond acceptors (Lipinski definition) is 11. The van der Waals surface area contributed by atoms with E-state index in [-0.39, 0.29) is 29.0 Å². The number of aliphatic hydroxyl groups excluding tert-OH is 1. The normalized spacial score (nSPS) is 18.5. The zero-order valence-electron chi connectivity index (χ0n) is 19.4. The smallest absolute Gasteiger partial charge is 0.323 e. The molecule has 2 unspecified atom stereocenters. The van der Waals surface area contributed by atoms with Gasteiger partial charge in [-0.15, -0.1) is 0 Å². The summed E-state index contributed by atoms with van der Waals surface area (Å²) in [5.41, 5.74) is 11.4. The molecule has 2 aromatic rings. The lowest BCUT2D eigenvalue weighted by atomic mass is 10.0. The number of methoxy groups -OCH3 is 1. The van der Waals surface area contributed by atoms with Gasteiger partial charge in [-0.05, 0) is 27.7 Å². The molecule has 6 N–H and O–H groups in total. The van der Waals surface area contributed by atoms with Crippen molar-refractivity contribution in [2.45, 2.75) is 57.8 Å². The highest BCUT2D eigenvalue weighted by Crippen LogP contribution is 2.39. The Labute approximate surface area is 190 Å². The fraction of sp³-hybridized carbons (Fsp3) is 0.667. The Hall–Kier alpha value is -2.38. The first-order valence-corrected chi connectivity index (χ1v) is 12.1. The second-order valence-electron chi connectivity index (χ2n) is 7.97. The number of halogens is 1. The molecule has 0 aliphatic carbocycles. The monoisotopic (exact) mass is 491 g/mol. The molecule has 0 aliphatic heterocycles. The standard InChI is InChI=1S/C18H31FN7O6P/c1-9(2)32-16(28)10(3)25-33(6,29)31-7-11(30-5)13(27)18(4,19)26-8-22-12-14(20)23-17(21)24-15(12)26/h8-11,13,27H,7H2,1-6H3,(H,25,29)(H4,20,21,23,24)/t10-,11?,13+,18-,33?/m0/s1. The molecule has 0 aromatic carbocycles. The average molecular weight is 491 g/mol. The molecule has 186 valence electrons. The Morgan fingerprint density at radius 2 is 2.00 bits per heavy atom. The molecule has 0 radical (unpaired) electrons. The van der Waals surface area contributed by atoms with Crippen LogP contribution in [0.3, 0.4) is 0 Å². The lowest BCUT2D eigenvalue weighted by Gasteiger charge is -2.33. The minimum Gasteiger partial charge on any atom is -0.462 e. The van der Waals surface area contributed by atoms with Crippen molar-refractivity contribution in [2.24, 2.45) is 0 Å². The maximum absolute atomic E-state index is 15.8. The predicted molar refractivity (Wildman–Crippen MR) is 119 cm³/mol. The quantitative estimate of drug-likeness (QED) is 0.256. The topological polar surface area (TPSA) is 190 Å². The van der Waals surface area contributed by atoms with Gasteiger partial charge in [0.2, 0.25) is 11.7 Å². The van der Waals surface area contributed by atoms with E-state index in [1.165, 1.54) is 20.7 Å². The van der Waals surface area contributed by atoms with E-state index in [9.17, 15) is 14.5 Å². The first-order chi connectivity index (χ1) is 15.2. The number of nitrogen functional groups attached to an aromatic ring is 2. The van der Waals surface area contributed by atoms with Crippen LogP contribution < -0.4 is 16.6 Å². The lowest BCUT2D eigenvalue weighted by molar-refractivity contribution is -0.149. The summed E-state index contributed by atoms with van der Waals surface area (Å²) in [6.45, 7) is 6.69. The van der Waals surface area contributed by atoms with Crippen molar-refractivity contribution in [1.82, 2.24) is 24.6 Å². The van der Waals surface area contributed by atoms with Gasteiger partial charge in [0.25, 0.3) is 7.52 Å². The fourth-order valence-corrected chi connectivity index (χ4v) is 4.34. The van der Waals surface area contributed by atoms with Gasteiger partial charge < -0.3 is 30.6 Å². The Morgan fingerprint density at radius 1 is 1.36 bits per heavy atom. The van der Waals surface area contributed by atoms with E-state index < -0.39 is 44.1 Å². The molecule has 0 saturated carbocycles. The van der Waals surface area contributed by atoms with Crippen molar-refractivity contribution < 1.29 is 32.9 Å². The lowest BCUT2D eigenvalue weighted by Crippen LogP contribution is -2.48.